The molecule has 0 fully saturated rings. The van der Waals surface area contributed by atoms with Crippen LogP contribution in [-0.4, -0.2) is 21.5 Å². The molecule has 2 aromatic rings. The van der Waals surface area contributed by atoms with Crippen LogP contribution < -0.4 is 5.32 Å². The third kappa shape index (κ3) is 3.15. The molecule has 0 spiro atoms. The van der Waals surface area contributed by atoms with E-state index in [9.17, 15) is 0 Å². The first kappa shape index (κ1) is 14.9. The topological polar surface area (TPSA) is 50.7 Å². The third-order valence-electron chi connectivity index (χ3n) is 2.97. The van der Waals surface area contributed by atoms with Gasteiger partial charge in [0.25, 0.3) is 0 Å². The standard InChI is InChI=1S/C15H19BrN4/c1-4-7-11-12(16)14(17-5-2)20-15(19-11)13-10(3)8-6-9-18-13/h6,8-9H,4-5,7H2,1-3H3,(H,17,19,20). The average molecular weight is 335 g/mol. The number of hydrogen-bond donors (Lipinski definition) is 1. The van der Waals surface area contributed by atoms with Gasteiger partial charge in [-0.3, -0.25) is 4.98 Å². The van der Waals surface area contributed by atoms with Gasteiger partial charge >= 0.3 is 0 Å². The predicted octanol–water partition coefficient (Wildman–Crippen LogP) is 3.99. The summed E-state index contributed by atoms with van der Waals surface area (Å²) in [5.74, 6) is 1.52. The van der Waals surface area contributed by atoms with Crippen molar-refractivity contribution >= 4 is 21.7 Å². The molecule has 0 saturated carbocycles. The maximum absolute atomic E-state index is 4.68. The summed E-state index contributed by atoms with van der Waals surface area (Å²) in [5.41, 5.74) is 2.95. The number of nitrogens with zero attached hydrogens (tertiary/aromatic N) is 3. The zero-order valence-electron chi connectivity index (χ0n) is 12.1. The zero-order valence-corrected chi connectivity index (χ0v) is 13.7. The summed E-state index contributed by atoms with van der Waals surface area (Å²) in [7, 11) is 0. The van der Waals surface area contributed by atoms with Gasteiger partial charge in [0.1, 0.15) is 11.5 Å². The number of halogens is 1. The molecular weight excluding hydrogens is 316 g/mol. The van der Waals surface area contributed by atoms with Crippen LogP contribution in [0.5, 0.6) is 0 Å². The third-order valence-corrected chi connectivity index (χ3v) is 3.81. The maximum Gasteiger partial charge on any atom is 0.180 e. The van der Waals surface area contributed by atoms with Crippen LogP contribution in [0, 0.1) is 6.92 Å². The largest absolute Gasteiger partial charge is 0.369 e. The summed E-state index contributed by atoms with van der Waals surface area (Å²) in [5, 5.41) is 3.28. The van der Waals surface area contributed by atoms with Crippen LogP contribution in [0.15, 0.2) is 22.8 Å². The van der Waals surface area contributed by atoms with E-state index in [-0.39, 0.29) is 0 Å². The van der Waals surface area contributed by atoms with Crippen molar-refractivity contribution in [2.45, 2.75) is 33.6 Å². The first-order valence-corrected chi connectivity index (χ1v) is 7.68. The lowest BCUT2D eigenvalue weighted by atomic mass is 10.2. The van der Waals surface area contributed by atoms with E-state index in [4.69, 9.17) is 0 Å². The Hall–Kier alpha value is -1.49. The first-order chi connectivity index (χ1) is 9.67. The Balaban J connectivity index is 2.56. The molecule has 1 N–H and O–H groups in total. The molecule has 4 nitrogen and oxygen atoms in total. The molecule has 0 bridgehead atoms. The SMILES string of the molecule is CCCc1nc(-c2ncccc2C)nc(NCC)c1Br. The molecule has 0 amide bonds. The van der Waals surface area contributed by atoms with E-state index < -0.39 is 0 Å². The highest BCUT2D eigenvalue weighted by Gasteiger charge is 2.14. The van der Waals surface area contributed by atoms with Crippen molar-refractivity contribution in [3.05, 3.63) is 34.1 Å². The predicted molar refractivity (Wildman–Crippen MR) is 85.9 cm³/mol. The Morgan fingerprint density at radius 1 is 1.25 bits per heavy atom. The van der Waals surface area contributed by atoms with E-state index in [0.717, 1.165) is 46.6 Å². The van der Waals surface area contributed by atoms with E-state index >= 15 is 0 Å². The lowest BCUT2D eigenvalue weighted by Gasteiger charge is -2.12. The molecule has 5 heteroatoms. The number of aryl methyl sites for hydroxylation is 2. The average Bonchev–Trinajstić information content (AvgIpc) is 2.44. The van der Waals surface area contributed by atoms with Crippen molar-refractivity contribution < 1.29 is 0 Å². The Morgan fingerprint density at radius 3 is 2.70 bits per heavy atom. The summed E-state index contributed by atoms with van der Waals surface area (Å²) < 4.78 is 0.957. The van der Waals surface area contributed by atoms with Crippen LogP contribution in [-0.2, 0) is 6.42 Å². The van der Waals surface area contributed by atoms with Gasteiger partial charge in [-0.1, -0.05) is 19.4 Å². The Labute approximate surface area is 128 Å². The minimum atomic E-state index is 0.686. The molecule has 0 radical (unpaired) electrons. The van der Waals surface area contributed by atoms with Gasteiger partial charge in [-0.05, 0) is 47.8 Å². The molecule has 0 aliphatic rings. The number of aromatic nitrogens is 3. The maximum atomic E-state index is 4.68. The smallest absolute Gasteiger partial charge is 0.180 e. The fourth-order valence-corrected chi connectivity index (χ4v) is 2.52. The first-order valence-electron chi connectivity index (χ1n) is 6.89. The van der Waals surface area contributed by atoms with Crippen LogP contribution in [0.1, 0.15) is 31.5 Å². The van der Waals surface area contributed by atoms with Crippen molar-refractivity contribution in [1.29, 1.82) is 0 Å². The molecular formula is C15H19BrN4. The number of pyridine rings is 1. The summed E-state index contributed by atoms with van der Waals surface area (Å²) >= 11 is 3.60. The molecule has 2 aromatic heterocycles. The monoisotopic (exact) mass is 334 g/mol. The second-order valence-electron chi connectivity index (χ2n) is 4.61. The summed E-state index contributed by atoms with van der Waals surface area (Å²) in [6, 6.07) is 3.95. The van der Waals surface area contributed by atoms with Gasteiger partial charge in [-0.2, -0.15) is 0 Å². The minimum absolute atomic E-state index is 0.686. The Morgan fingerprint density at radius 2 is 2.05 bits per heavy atom. The lowest BCUT2D eigenvalue weighted by Crippen LogP contribution is -2.07. The number of nitrogens with one attached hydrogen (secondary N) is 1. The number of anilines is 1. The molecule has 0 aromatic carbocycles. The molecule has 106 valence electrons. The second-order valence-corrected chi connectivity index (χ2v) is 5.40. The molecule has 0 aliphatic carbocycles. The fraction of sp³-hybridized carbons (Fsp3) is 0.400. The van der Waals surface area contributed by atoms with Crippen LogP contribution in [0.3, 0.4) is 0 Å². The fourth-order valence-electron chi connectivity index (χ4n) is 2.01. The van der Waals surface area contributed by atoms with Gasteiger partial charge in [0.15, 0.2) is 5.82 Å². The van der Waals surface area contributed by atoms with Crippen LogP contribution in [0.25, 0.3) is 11.5 Å². The molecule has 0 atom stereocenters. The summed E-state index contributed by atoms with van der Waals surface area (Å²) in [6.45, 7) is 7.05. The number of rotatable bonds is 5. The molecule has 0 saturated heterocycles. The minimum Gasteiger partial charge on any atom is -0.369 e. The molecule has 0 aliphatic heterocycles. The quantitative estimate of drug-likeness (QED) is 0.897. The van der Waals surface area contributed by atoms with Crippen molar-refractivity contribution in [1.82, 2.24) is 15.0 Å². The normalized spacial score (nSPS) is 10.6. The number of hydrogen-bond acceptors (Lipinski definition) is 4. The highest BCUT2D eigenvalue weighted by atomic mass is 79.9. The highest BCUT2D eigenvalue weighted by Crippen LogP contribution is 2.28. The van der Waals surface area contributed by atoms with Gasteiger partial charge in [0.05, 0.1) is 10.2 Å². The van der Waals surface area contributed by atoms with E-state index in [1.54, 1.807) is 6.20 Å². The van der Waals surface area contributed by atoms with E-state index in [1.807, 2.05) is 19.1 Å². The van der Waals surface area contributed by atoms with E-state index in [2.05, 4.69) is 50.0 Å². The van der Waals surface area contributed by atoms with E-state index in [0.29, 0.717) is 5.82 Å². The molecule has 0 unspecified atom stereocenters. The van der Waals surface area contributed by atoms with Gasteiger partial charge < -0.3 is 5.32 Å². The van der Waals surface area contributed by atoms with Crippen LogP contribution in [0.4, 0.5) is 5.82 Å². The van der Waals surface area contributed by atoms with Crippen LogP contribution in [0.2, 0.25) is 0 Å². The summed E-state index contributed by atoms with van der Waals surface area (Å²) in [4.78, 5) is 13.7. The van der Waals surface area contributed by atoms with Crippen molar-refractivity contribution in [2.24, 2.45) is 0 Å². The highest BCUT2D eigenvalue weighted by molar-refractivity contribution is 9.10. The Bertz CT molecular complexity index is 571. The summed E-state index contributed by atoms with van der Waals surface area (Å²) in [6.07, 6.45) is 3.74. The molecule has 20 heavy (non-hydrogen) atoms. The van der Waals surface area contributed by atoms with Gasteiger partial charge in [-0.15, -0.1) is 0 Å². The van der Waals surface area contributed by atoms with Crippen molar-refractivity contribution in [2.75, 3.05) is 11.9 Å². The lowest BCUT2D eigenvalue weighted by molar-refractivity contribution is 0.865. The zero-order chi connectivity index (χ0) is 14.5. The van der Waals surface area contributed by atoms with Gasteiger partial charge in [0.2, 0.25) is 0 Å². The molecule has 2 heterocycles. The van der Waals surface area contributed by atoms with Crippen molar-refractivity contribution in [3.8, 4) is 11.5 Å². The van der Waals surface area contributed by atoms with Gasteiger partial charge in [0, 0.05) is 12.7 Å². The molecule has 2 rings (SSSR count). The van der Waals surface area contributed by atoms with Crippen molar-refractivity contribution in [3.63, 3.8) is 0 Å². The Kier molecular flexibility index (Phi) is 5.06. The van der Waals surface area contributed by atoms with Crippen LogP contribution >= 0.6 is 15.9 Å². The van der Waals surface area contributed by atoms with Gasteiger partial charge in [-0.25, -0.2) is 9.97 Å². The van der Waals surface area contributed by atoms with E-state index in [1.165, 1.54) is 0 Å². The second kappa shape index (κ2) is 6.79.